The molecule has 0 atom stereocenters. The molecular weight excluding hydrogens is 260 g/mol. The summed E-state index contributed by atoms with van der Waals surface area (Å²) in [5.41, 5.74) is 0.0513. The van der Waals surface area contributed by atoms with Gasteiger partial charge in [-0.3, -0.25) is 4.79 Å². The highest BCUT2D eigenvalue weighted by atomic mass is 32.2. The first-order valence-corrected chi connectivity index (χ1v) is 6.03. The molecule has 0 saturated heterocycles. The van der Waals surface area contributed by atoms with Crippen LogP contribution in [0.2, 0.25) is 0 Å². The zero-order chi connectivity index (χ0) is 13.1. The molecule has 2 aromatic rings. The molecule has 1 heterocycles. The van der Waals surface area contributed by atoms with E-state index in [4.69, 9.17) is 5.11 Å². The summed E-state index contributed by atoms with van der Waals surface area (Å²) in [4.78, 5) is 14.2. The van der Waals surface area contributed by atoms with Gasteiger partial charge in [-0.25, -0.2) is 8.78 Å². The molecule has 0 aliphatic rings. The van der Waals surface area contributed by atoms with Gasteiger partial charge < -0.3 is 10.1 Å². The van der Waals surface area contributed by atoms with Crippen LogP contribution >= 0.6 is 11.8 Å². The van der Waals surface area contributed by atoms with E-state index in [0.29, 0.717) is 16.3 Å². The van der Waals surface area contributed by atoms with Crippen molar-refractivity contribution in [3.8, 4) is 5.75 Å². The molecule has 0 radical (unpaired) electrons. The van der Waals surface area contributed by atoms with Gasteiger partial charge in [-0.15, -0.1) is 11.8 Å². The van der Waals surface area contributed by atoms with Crippen LogP contribution in [0.25, 0.3) is 0 Å². The molecule has 0 fully saturated rings. The van der Waals surface area contributed by atoms with Crippen molar-refractivity contribution in [1.29, 1.82) is 0 Å². The first-order chi connectivity index (χ1) is 8.56. The zero-order valence-electron chi connectivity index (χ0n) is 9.11. The molecule has 18 heavy (non-hydrogen) atoms. The number of aromatic amines is 1. The van der Waals surface area contributed by atoms with E-state index >= 15 is 0 Å². The van der Waals surface area contributed by atoms with E-state index in [9.17, 15) is 13.6 Å². The molecule has 94 valence electrons. The fourth-order valence-corrected chi connectivity index (χ4v) is 2.18. The summed E-state index contributed by atoms with van der Waals surface area (Å²) in [5.74, 6) is -1.31. The monoisotopic (exact) mass is 269 g/mol. The Labute approximate surface area is 105 Å². The molecule has 0 aliphatic heterocycles. The highest BCUT2D eigenvalue weighted by Crippen LogP contribution is 2.25. The summed E-state index contributed by atoms with van der Waals surface area (Å²) in [6, 6.07) is 4.56. The molecule has 0 amide bonds. The second-order valence-corrected chi connectivity index (χ2v) is 4.59. The van der Waals surface area contributed by atoms with Gasteiger partial charge in [-0.1, -0.05) is 0 Å². The molecule has 0 saturated carbocycles. The average Bonchev–Trinajstić information content (AvgIpc) is 2.32. The highest BCUT2D eigenvalue weighted by Gasteiger charge is 2.06. The van der Waals surface area contributed by atoms with E-state index in [0.717, 1.165) is 17.8 Å². The van der Waals surface area contributed by atoms with Gasteiger partial charge in [0.1, 0.15) is 11.6 Å². The second kappa shape index (κ2) is 5.22. The summed E-state index contributed by atoms with van der Waals surface area (Å²) >= 11 is 1.13. The van der Waals surface area contributed by atoms with Crippen LogP contribution in [-0.4, -0.2) is 10.1 Å². The molecule has 1 aromatic heterocycles. The summed E-state index contributed by atoms with van der Waals surface area (Å²) in [7, 11) is 0. The fraction of sp³-hybridized carbons (Fsp3) is 0.0833. The molecule has 0 unspecified atom stereocenters. The van der Waals surface area contributed by atoms with Crippen molar-refractivity contribution in [3.05, 3.63) is 58.0 Å². The number of aromatic hydroxyl groups is 1. The Kier molecular flexibility index (Phi) is 3.66. The standard InChI is InChI=1S/C12H9F2NO2S/c13-7-1-2-12(9(14)3-7)18-6-8-4-10(16)11(17)5-15-8/h1-5,17H,6H2,(H,15,16). The third kappa shape index (κ3) is 2.89. The third-order valence-corrected chi connectivity index (χ3v) is 3.33. The van der Waals surface area contributed by atoms with E-state index in [1.54, 1.807) is 0 Å². The largest absolute Gasteiger partial charge is 0.503 e. The number of halogens is 2. The Bertz CT molecular complexity index is 628. The predicted molar refractivity (Wildman–Crippen MR) is 64.6 cm³/mol. The molecule has 6 heteroatoms. The van der Waals surface area contributed by atoms with Crippen molar-refractivity contribution in [2.75, 3.05) is 0 Å². The molecule has 0 bridgehead atoms. The summed E-state index contributed by atoms with van der Waals surface area (Å²) in [6.45, 7) is 0. The Hall–Kier alpha value is -1.82. The molecule has 1 aromatic carbocycles. The van der Waals surface area contributed by atoms with Gasteiger partial charge in [0.2, 0.25) is 5.43 Å². The quantitative estimate of drug-likeness (QED) is 0.842. The van der Waals surface area contributed by atoms with Gasteiger partial charge in [0.25, 0.3) is 0 Å². The average molecular weight is 269 g/mol. The number of thioether (sulfide) groups is 1. The van der Waals surface area contributed by atoms with Gasteiger partial charge >= 0.3 is 0 Å². The number of rotatable bonds is 3. The van der Waals surface area contributed by atoms with E-state index in [1.807, 2.05) is 0 Å². The molecule has 0 spiro atoms. The van der Waals surface area contributed by atoms with Gasteiger partial charge in [0, 0.05) is 34.7 Å². The molecule has 2 N–H and O–H groups in total. The van der Waals surface area contributed by atoms with E-state index in [1.165, 1.54) is 24.4 Å². The van der Waals surface area contributed by atoms with Crippen molar-refractivity contribution in [3.63, 3.8) is 0 Å². The third-order valence-electron chi connectivity index (χ3n) is 2.23. The van der Waals surface area contributed by atoms with Crippen LogP contribution in [0.1, 0.15) is 5.69 Å². The number of aromatic nitrogens is 1. The number of nitrogens with one attached hydrogen (secondary N) is 1. The van der Waals surface area contributed by atoms with Crippen LogP contribution in [0.4, 0.5) is 8.78 Å². The molecular formula is C12H9F2NO2S. The Balaban J connectivity index is 2.11. The fourth-order valence-electron chi connectivity index (χ4n) is 1.34. The first-order valence-electron chi connectivity index (χ1n) is 5.04. The predicted octanol–water partition coefficient (Wildman–Crippen LogP) is 2.65. The maximum atomic E-state index is 13.3. The van der Waals surface area contributed by atoms with Crippen LogP contribution in [0.15, 0.2) is 40.2 Å². The van der Waals surface area contributed by atoms with E-state index in [-0.39, 0.29) is 5.75 Å². The van der Waals surface area contributed by atoms with Crippen molar-refractivity contribution < 1.29 is 13.9 Å². The maximum absolute atomic E-state index is 13.3. The Morgan fingerprint density at radius 2 is 2.06 bits per heavy atom. The van der Waals surface area contributed by atoms with Crippen molar-refractivity contribution in [2.24, 2.45) is 0 Å². The van der Waals surface area contributed by atoms with Gasteiger partial charge in [-0.05, 0) is 12.1 Å². The minimum absolute atomic E-state index is 0.297. The van der Waals surface area contributed by atoms with E-state index < -0.39 is 17.1 Å². The Morgan fingerprint density at radius 3 is 2.72 bits per heavy atom. The number of pyridine rings is 1. The lowest BCUT2D eigenvalue weighted by atomic mass is 10.3. The highest BCUT2D eigenvalue weighted by molar-refractivity contribution is 7.98. The maximum Gasteiger partial charge on any atom is 0.223 e. The van der Waals surface area contributed by atoms with Crippen LogP contribution in [0.3, 0.4) is 0 Å². The SMILES string of the molecule is O=c1cc(CSc2ccc(F)cc2F)[nH]cc1O. The second-order valence-electron chi connectivity index (χ2n) is 3.57. The first kappa shape index (κ1) is 12.6. The van der Waals surface area contributed by atoms with Crippen molar-refractivity contribution >= 4 is 11.8 Å². The minimum Gasteiger partial charge on any atom is -0.503 e. The summed E-state index contributed by atoms with van der Waals surface area (Å²) in [5, 5.41) is 9.05. The van der Waals surface area contributed by atoms with Crippen molar-refractivity contribution in [2.45, 2.75) is 10.6 Å². The van der Waals surface area contributed by atoms with Gasteiger partial charge in [0.15, 0.2) is 5.75 Å². The van der Waals surface area contributed by atoms with Crippen LogP contribution in [-0.2, 0) is 5.75 Å². The lowest BCUT2D eigenvalue weighted by Crippen LogP contribution is -2.01. The van der Waals surface area contributed by atoms with Crippen LogP contribution in [0.5, 0.6) is 5.75 Å². The summed E-state index contributed by atoms with van der Waals surface area (Å²) < 4.78 is 26.0. The molecule has 3 nitrogen and oxygen atoms in total. The topological polar surface area (TPSA) is 53.1 Å². The number of H-pyrrole nitrogens is 1. The smallest absolute Gasteiger partial charge is 0.223 e. The summed E-state index contributed by atoms with van der Waals surface area (Å²) in [6.07, 6.45) is 1.18. The zero-order valence-corrected chi connectivity index (χ0v) is 9.93. The lowest BCUT2D eigenvalue weighted by Gasteiger charge is -2.03. The molecule has 2 rings (SSSR count). The van der Waals surface area contributed by atoms with Gasteiger partial charge in [-0.2, -0.15) is 0 Å². The Morgan fingerprint density at radius 1 is 1.28 bits per heavy atom. The number of benzene rings is 1. The number of hydrogen-bond donors (Lipinski definition) is 2. The molecule has 0 aliphatic carbocycles. The van der Waals surface area contributed by atoms with Crippen LogP contribution < -0.4 is 5.43 Å². The van der Waals surface area contributed by atoms with Crippen LogP contribution in [0, 0.1) is 11.6 Å². The number of hydrogen-bond acceptors (Lipinski definition) is 3. The normalized spacial score (nSPS) is 10.6. The van der Waals surface area contributed by atoms with Crippen molar-refractivity contribution in [1.82, 2.24) is 4.98 Å². The van der Waals surface area contributed by atoms with E-state index in [2.05, 4.69) is 4.98 Å². The lowest BCUT2D eigenvalue weighted by molar-refractivity contribution is 0.467. The minimum atomic E-state index is -0.638. The van der Waals surface area contributed by atoms with Gasteiger partial charge in [0.05, 0.1) is 0 Å².